The number of rotatable bonds is 7. The Balaban J connectivity index is 2.11. The molecule has 21 heavy (non-hydrogen) atoms. The lowest BCUT2D eigenvalue weighted by molar-refractivity contribution is 0.283. The first-order valence-corrected chi connectivity index (χ1v) is 8.56. The minimum absolute atomic E-state index is 0.132. The van der Waals surface area contributed by atoms with Crippen molar-refractivity contribution in [2.45, 2.75) is 24.2 Å². The van der Waals surface area contributed by atoms with Gasteiger partial charge in [0.2, 0.25) is 10.0 Å². The van der Waals surface area contributed by atoms with Gasteiger partial charge in [-0.25, -0.2) is 18.1 Å². The molecule has 0 amide bonds. The molecule has 5 nitrogen and oxygen atoms in total. The Bertz CT molecular complexity index is 719. The lowest BCUT2D eigenvalue weighted by Crippen LogP contribution is -2.24. The molecular weight excluding hydrogens is 312 g/mol. The van der Waals surface area contributed by atoms with Gasteiger partial charge < -0.3 is 5.11 Å². The third-order valence-corrected chi connectivity index (χ3v) is 4.73. The van der Waals surface area contributed by atoms with Crippen LogP contribution in [0.5, 0.6) is 0 Å². The molecule has 7 heteroatoms. The van der Waals surface area contributed by atoms with E-state index in [0.29, 0.717) is 30.1 Å². The first kappa shape index (κ1) is 16.2. The zero-order valence-electron chi connectivity index (χ0n) is 11.4. The van der Waals surface area contributed by atoms with Crippen LogP contribution in [0.3, 0.4) is 0 Å². The second kappa shape index (κ2) is 7.17. The van der Waals surface area contributed by atoms with Crippen molar-refractivity contribution in [2.24, 2.45) is 0 Å². The van der Waals surface area contributed by atoms with Crippen molar-refractivity contribution in [1.29, 1.82) is 0 Å². The van der Waals surface area contributed by atoms with Crippen LogP contribution in [0, 0.1) is 0 Å². The first-order chi connectivity index (χ1) is 10.0. The topological polar surface area (TPSA) is 79.3 Å². The van der Waals surface area contributed by atoms with E-state index in [1.165, 1.54) is 6.07 Å². The summed E-state index contributed by atoms with van der Waals surface area (Å²) in [4.78, 5) is 4.33. The maximum absolute atomic E-state index is 12.2. The van der Waals surface area contributed by atoms with Crippen molar-refractivity contribution in [3.63, 3.8) is 0 Å². The Morgan fingerprint density at radius 1 is 1.14 bits per heavy atom. The number of nitrogens with zero attached hydrogens (tertiary/aromatic N) is 1. The van der Waals surface area contributed by atoms with Crippen molar-refractivity contribution in [1.82, 2.24) is 9.71 Å². The van der Waals surface area contributed by atoms with E-state index in [4.69, 9.17) is 16.7 Å². The third kappa shape index (κ3) is 4.38. The van der Waals surface area contributed by atoms with Gasteiger partial charge in [0.25, 0.3) is 0 Å². The van der Waals surface area contributed by atoms with Crippen LogP contribution in [0.15, 0.2) is 35.2 Å². The number of nitrogens with one attached hydrogen (secondary N) is 1. The number of fused-ring (bicyclic) bond motifs is 1. The van der Waals surface area contributed by atoms with Crippen LogP contribution < -0.4 is 4.72 Å². The van der Waals surface area contributed by atoms with Crippen LogP contribution in [0.1, 0.15) is 19.3 Å². The fraction of sp³-hybridized carbons (Fsp3) is 0.357. The van der Waals surface area contributed by atoms with Gasteiger partial charge in [0.1, 0.15) is 5.15 Å². The molecule has 114 valence electrons. The van der Waals surface area contributed by atoms with Crippen molar-refractivity contribution in [3.05, 3.63) is 35.5 Å². The van der Waals surface area contributed by atoms with E-state index in [1.54, 1.807) is 24.3 Å². The van der Waals surface area contributed by atoms with Crippen molar-refractivity contribution >= 4 is 32.5 Å². The molecular formula is C14H17ClN2O3S. The number of benzene rings is 1. The Kier molecular flexibility index (Phi) is 5.52. The summed E-state index contributed by atoms with van der Waals surface area (Å²) in [6, 6.07) is 8.10. The Morgan fingerprint density at radius 2 is 1.95 bits per heavy atom. The van der Waals surface area contributed by atoms with Crippen LogP contribution in [-0.4, -0.2) is 31.7 Å². The van der Waals surface area contributed by atoms with Crippen LogP contribution in [0.4, 0.5) is 0 Å². The van der Waals surface area contributed by atoms with Crippen molar-refractivity contribution < 1.29 is 13.5 Å². The fourth-order valence-corrected chi connectivity index (χ4v) is 3.21. The highest BCUT2D eigenvalue weighted by molar-refractivity contribution is 7.89. The average Bonchev–Trinajstić information content (AvgIpc) is 2.46. The number of hydrogen-bond acceptors (Lipinski definition) is 4. The second-order valence-corrected chi connectivity index (χ2v) is 6.82. The summed E-state index contributed by atoms with van der Waals surface area (Å²) in [5.41, 5.74) is 0.657. The summed E-state index contributed by atoms with van der Waals surface area (Å²) < 4.78 is 26.9. The lowest BCUT2D eigenvalue weighted by atomic mass is 10.2. The SMILES string of the molecule is O=S(=O)(NCCCCCO)c1ccc2nc(Cl)ccc2c1. The number of aliphatic hydroxyl groups excluding tert-OH is 1. The zero-order chi connectivity index (χ0) is 15.3. The monoisotopic (exact) mass is 328 g/mol. The third-order valence-electron chi connectivity index (χ3n) is 3.06. The largest absolute Gasteiger partial charge is 0.396 e. The molecule has 1 heterocycles. The number of aromatic nitrogens is 1. The highest BCUT2D eigenvalue weighted by atomic mass is 35.5. The number of pyridine rings is 1. The predicted molar refractivity (Wildman–Crippen MR) is 82.9 cm³/mol. The summed E-state index contributed by atoms with van der Waals surface area (Å²) in [7, 11) is -3.52. The van der Waals surface area contributed by atoms with Gasteiger partial charge in [-0.15, -0.1) is 0 Å². The molecule has 0 unspecified atom stereocenters. The summed E-state index contributed by atoms with van der Waals surface area (Å²) in [5, 5.41) is 9.77. The van der Waals surface area contributed by atoms with Gasteiger partial charge in [-0.05, 0) is 49.6 Å². The molecule has 0 aliphatic carbocycles. The van der Waals surface area contributed by atoms with E-state index >= 15 is 0 Å². The van der Waals surface area contributed by atoms with E-state index in [0.717, 1.165) is 11.8 Å². The minimum Gasteiger partial charge on any atom is -0.396 e. The van der Waals surface area contributed by atoms with E-state index in [2.05, 4.69) is 9.71 Å². The van der Waals surface area contributed by atoms with Crippen molar-refractivity contribution in [3.8, 4) is 0 Å². The molecule has 0 spiro atoms. The van der Waals surface area contributed by atoms with E-state index < -0.39 is 10.0 Å². The molecule has 1 aromatic carbocycles. The molecule has 0 bridgehead atoms. The maximum atomic E-state index is 12.2. The quantitative estimate of drug-likeness (QED) is 0.604. The van der Waals surface area contributed by atoms with E-state index in [1.807, 2.05) is 0 Å². The molecule has 0 radical (unpaired) electrons. The Morgan fingerprint density at radius 3 is 2.71 bits per heavy atom. The Hall–Kier alpha value is -1.21. The molecule has 2 rings (SSSR count). The summed E-state index contributed by atoms with van der Waals surface area (Å²) in [6.45, 7) is 0.492. The number of aliphatic hydroxyl groups is 1. The molecule has 0 aliphatic rings. The number of halogens is 1. The fourth-order valence-electron chi connectivity index (χ4n) is 1.95. The smallest absolute Gasteiger partial charge is 0.240 e. The van der Waals surface area contributed by atoms with Crippen LogP contribution in [-0.2, 0) is 10.0 Å². The summed E-state index contributed by atoms with van der Waals surface area (Å²) in [5.74, 6) is 0. The molecule has 0 aliphatic heterocycles. The van der Waals surface area contributed by atoms with Gasteiger partial charge in [-0.3, -0.25) is 0 Å². The first-order valence-electron chi connectivity index (χ1n) is 6.70. The van der Waals surface area contributed by atoms with Crippen LogP contribution in [0.25, 0.3) is 10.9 Å². The predicted octanol–water partition coefficient (Wildman–Crippen LogP) is 2.33. The maximum Gasteiger partial charge on any atom is 0.240 e. The molecule has 2 aromatic rings. The van der Waals surface area contributed by atoms with E-state index in [9.17, 15) is 8.42 Å². The number of sulfonamides is 1. The highest BCUT2D eigenvalue weighted by Gasteiger charge is 2.13. The molecule has 0 atom stereocenters. The van der Waals surface area contributed by atoms with Crippen LogP contribution >= 0.6 is 11.6 Å². The van der Waals surface area contributed by atoms with Gasteiger partial charge >= 0.3 is 0 Å². The molecule has 0 fully saturated rings. The molecule has 1 aromatic heterocycles. The summed E-state index contributed by atoms with van der Waals surface area (Å²) >= 11 is 5.80. The molecule has 0 saturated carbocycles. The average molecular weight is 329 g/mol. The standard InChI is InChI=1S/C14H17ClN2O3S/c15-14-7-4-11-10-12(5-6-13(11)17-14)21(19,20)16-8-2-1-3-9-18/h4-7,10,16,18H,1-3,8-9H2. The van der Waals surface area contributed by atoms with Gasteiger partial charge in [0, 0.05) is 18.5 Å². The van der Waals surface area contributed by atoms with Crippen molar-refractivity contribution in [2.75, 3.05) is 13.2 Å². The molecule has 2 N–H and O–H groups in total. The second-order valence-electron chi connectivity index (χ2n) is 4.67. The lowest BCUT2D eigenvalue weighted by Gasteiger charge is -2.07. The number of unbranched alkanes of at least 4 members (excludes halogenated alkanes) is 2. The summed E-state index contributed by atoms with van der Waals surface area (Å²) in [6.07, 6.45) is 2.17. The van der Waals surface area contributed by atoms with Gasteiger partial charge in [-0.2, -0.15) is 0 Å². The van der Waals surface area contributed by atoms with Crippen LogP contribution in [0.2, 0.25) is 5.15 Å². The van der Waals surface area contributed by atoms with E-state index in [-0.39, 0.29) is 11.5 Å². The van der Waals surface area contributed by atoms with Gasteiger partial charge in [0.15, 0.2) is 0 Å². The highest BCUT2D eigenvalue weighted by Crippen LogP contribution is 2.19. The van der Waals surface area contributed by atoms with Gasteiger partial charge in [-0.1, -0.05) is 11.6 Å². The Labute approximate surface area is 129 Å². The minimum atomic E-state index is -3.52. The zero-order valence-corrected chi connectivity index (χ0v) is 13.0. The van der Waals surface area contributed by atoms with Gasteiger partial charge in [0.05, 0.1) is 10.4 Å². The normalized spacial score (nSPS) is 11.9. The molecule has 0 saturated heterocycles. The number of hydrogen-bond donors (Lipinski definition) is 2.